The number of nitrogens with one attached hydrogen (secondary N) is 1. The van der Waals surface area contributed by atoms with Gasteiger partial charge in [0.05, 0.1) is 12.3 Å². The van der Waals surface area contributed by atoms with Crippen molar-refractivity contribution < 1.29 is 4.74 Å². The van der Waals surface area contributed by atoms with E-state index in [-0.39, 0.29) is 0 Å². The van der Waals surface area contributed by atoms with Gasteiger partial charge in [-0.3, -0.25) is 0 Å². The molecule has 0 spiro atoms. The fourth-order valence-electron chi connectivity index (χ4n) is 2.38. The first-order valence-electron chi connectivity index (χ1n) is 6.63. The highest BCUT2D eigenvalue weighted by atomic mass is 35.5. The second-order valence-electron chi connectivity index (χ2n) is 4.83. The van der Waals surface area contributed by atoms with E-state index in [2.05, 4.69) is 5.32 Å². The van der Waals surface area contributed by atoms with E-state index < -0.39 is 0 Å². The van der Waals surface area contributed by atoms with Crippen LogP contribution in [-0.2, 0) is 0 Å². The fourth-order valence-corrected chi connectivity index (χ4v) is 2.55. The summed E-state index contributed by atoms with van der Waals surface area (Å²) in [6.45, 7) is 2.64. The van der Waals surface area contributed by atoms with Crippen LogP contribution in [0.1, 0.15) is 32.6 Å². The number of hydrogen-bond acceptors (Lipinski definition) is 3. The Labute approximate surface area is 114 Å². The Balaban J connectivity index is 2.05. The summed E-state index contributed by atoms with van der Waals surface area (Å²) < 4.78 is 5.61. The van der Waals surface area contributed by atoms with E-state index in [9.17, 15) is 0 Å². The Morgan fingerprint density at radius 3 is 2.72 bits per heavy atom. The van der Waals surface area contributed by atoms with Crippen molar-refractivity contribution in [2.24, 2.45) is 5.73 Å². The summed E-state index contributed by atoms with van der Waals surface area (Å²) in [6.07, 6.45) is 4.39. The van der Waals surface area contributed by atoms with Crippen molar-refractivity contribution in [2.75, 3.05) is 11.9 Å². The molecular formula is C14H21ClN2O. The van der Waals surface area contributed by atoms with Crippen molar-refractivity contribution in [1.82, 2.24) is 0 Å². The molecule has 100 valence electrons. The van der Waals surface area contributed by atoms with Crippen molar-refractivity contribution in [3.8, 4) is 5.75 Å². The number of halogens is 1. The highest BCUT2D eigenvalue weighted by molar-refractivity contribution is 6.30. The van der Waals surface area contributed by atoms with Gasteiger partial charge in [0.25, 0.3) is 0 Å². The van der Waals surface area contributed by atoms with Crippen LogP contribution in [0.2, 0.25) is 5.02 Å². The lowest BCUT2D eigenvalue weighted by Gasteiger charge is -2.28. The van der Waals surface area contributed by atoms with Gasteiger partial charge in [-0.2, -0.15) is 0 Å². The van der Waals surface area contributed by atoms with Crippen LogP contribution >= 0.6 is 11.6 Å². The van der Waals surface area contributed by atoms with Gasteiger partial charge in [0, 0.05) is 17.1 Å². The van der Waals surface area contributed by atoms with Crippen molar-refractivity contribution in [3.63, 3.8) is 0 Å². The van der Waals surface area contributed by atoms with Gasteiger partial charge in [0.15, 0.2) is 0 Å². The molecule has 0 aromatic heterocycles. The monoisotopic (exact) mass is 268 g/mol. The maximum Gasteiger partial charge on any atom is 0.142 e. The topological polar surface area (TPSA) is 47.3 Å². The summed E-state index contributed by atoms with van der Waals surface area (Å²) in [7, 11) is 0. The van der Waals surface area contributed by atoms with Gasteiger partial charge in [-0.05, 0) is 50.8 Å². The summed E-state index contributed by atoms with van der Waals surface area (Å²) in [6, 6.07) is 6.55. The van der Waals surface area contributed by atoms with Gasteiger partial charge in [-0.15, -0.1) is 0 Å². The Kier molecular flexibility index (Phi) is 4.72. The number of hydrogen-bond donors (Lipinski definition) is 2. The molecule has 1 aromatic carbocycles. The third kappa shape index (κ3) is 3.53. The molecule has 0 unspecified atom stereocenters. The molecule has 18 heavy (non-hydrogen) atoms. The highest BCUT2D eigenvalue weighted by Crippen LogP contribution is 2.31. The Morgan fingerprint density at radius 1 is 1.33 bits per heavy atom. The molecule has 3 N–H and O–H groups in total. The minimum Gasteiger partial charge on any atom is -0.492 e. The van der Waals surface area contributed by atoms with Crippen LogP contribution in [0.4, 0.5) is 5.69 Å². The van der Waals surface area contributed by atoms with E-state index in [0.29, 0.717) is 18.7 Å². The van der Waals surface area contributed by atoms with E-state index in [1.165, 1.54) is 0 Å². The van der Waals surface area contributed by atoms with Crippen LogP contribution in [0.25, 0.3) is 0 Å². The van der Waals surface area contributed by atoms with Gasteiger partial charge in [0.1, 0.15) is 5.75 Å². The zero-order valence-corrected chi connectivity index (χ0v) is 11.5. The van der Waals surface area contributed by atoms with Gasteiger partial charge >= 0.3 is 0 Å². The third-order valence-electron chi connectivity index (χ3n) is 3.37. The molecule has 1 saturated carbocycles. The second kappa shape index (κ2) is 6.30. The van der Waals surface area contributed by atoms with Crippen molar-refractivity contribution >= 4 is 17.3 Å². The lowest BCUT2D eigenvalue weighted by atomic mass is 9.91. The fraction of sp³-hybridized carbons (Fsp3) is 0.571. The predicted octanol–water partition coefficient (Wildman–Crippen LogP) is 3.42. The first kappa shape index (κ1) is 13.5. The molecule has 0 heterocycles. The number of ether oxygens (including phenoxy) is 1. The van der Waals surface area contributed by atoms with Gasteiger partial charge in [0.2, 0.25) is 0 Å². The molecule has 3 nitrogen and oxygen atoms in total. The van der Waals surface area contributed by atoms with E-state index in [0.717, 1.165) is 42.1 Å². The first-order valence-corrected chi connectivity index (χ1v) is 7.01. The SMILES string of the molecule is CCOc1ccc(Cl)cc1NC1CCC(N)CC1. The lowest BCUT2D eigenvalue weighted by Crippen LogP contribution is -2.32. The molecule has 1 aromatic rings. The minimum atomic E-state index is 0.369. The average Bonchev–Trinajstić information content (AvgIpc) is 2.36. The van der Waals surface area contributed by atoms with E-state index in [1.54, 1.807) is 0 Å². The molecule has 1 fully saturated rings. The summed E-state index contributed by atoms with van der Waals surface area (Å²) >= 11 is 6.04. The van der Waals surface area contributed by atoms with Crippen LogP contribution in [0.5, 0.6) is 5.75 Å². The summed E-state index contributed by atoms with van der Waals surface area (Å²) in [5.74, 6) is 0.872. The average molecular weight is 269 g/mol. The second-order valence-corrected chi connectivity index (χ2v) is 5.27. The van der Waals surface area contributed by atoms with Gasteiger partial charge in [-0.1, -0.05) is 11.6 Å². The summed E-state index contributed by atoms with van der Waals surface area (Å²) in [4.78, 5) is 0. The van der Waals surface area contributed by atoms with E-state index in [4.69, 9.17) is 22.1 Å². The summed E-state index contributed by atoms with van der Waals surface area (Å²) in [5, 5.41) is 4.26. The molecule has 1 aliphatic rings. The molecule has 4 heteroatoms. The Hall–Kier alpha value is -0.930. The predicted molar refractivity (Wildman–Crippen MR) is 76.5 cm³/mol. The number of nitrogens with two attached hydrogens (primary N) is 1. The van der Waals surface area contributed by atoms with Gasteiger partial charge < -0.3 is 15.8 Å². The molecule has 0 radical (unpaired) electrons. The van der Waals surface area contributed by atoms with Crippen LogP contribution in [0.15, 0.2) is 18.2 Å². The maximum absolute atomic E-state index is 6.04. The van der Waals surface area contributed by atoms with Crippen molar-refractivity contribution in [3.05, 3.63) is 23.2 Å². The van der Waals surface area contributed by atoms with Crippen LogP contribution < -0.4 is 15.8 Å². The van der Waals surface area contributed by atoms with Crippen molar-refractivity contribution in [2.45, 2.75) is 44.7 Å². The maximum atomic E-state index is 6.04. The molecule has 0 saturated heterocycles. The van der Waals surface area contributed by atoms with Crippen molar-refractivity contribution in [1.29, 1.82) is 0 Å². The van der Waals surface area contributed by atoms with Gasteiger partial charge in [-0.25, -0.2) is 0 Å². The third-order valence-corrected chi connectivity index (χ3v) is 3.61. The van der Waals surface area contributed by atoms with E-state index in [1.807, 2.05) is 25.1 Å². The quantitative estimate of drug-likeness (QED) is 0.880. The number of benzene rings is 1. The van der Waals surface area contributed by atoms with Crippen LogP contribution in [-0.4, -0.2) is 18.7 Å². The standard InChI is InChI=1S/C14H21ClN2O/c1-2-18-14-8-3-10(15)9-13(14)17-12-6-4-11(16)5-7-12/h3,8-9,11-12,17H,2,4-7,16H2,1H3. The zero-order valence-electron chi connectivity index (χ0n) is 10.8. The molecule has 1 aliphatic carbocycles. The molecule has 0 amide bonds. The molecule has 0 aliphatic heterocycles. The normalized spacial score (nSPS) is 23.7. The highest BCUT2D eigenvalue weighted by Gasteiger charge is 2.19. The number of anilines is 1. The summed E-state index contributed by atoms with van der Waals surface area (Å²) in [5.41, 5.74) is 6.91. The smallest absolute Gasteiger partial charge is 0.142 e. The minimum absolute atomic E-state index is 0.369. The lowest BCUT2D eigenvalue weighted by molar-refractivity contribution is 0.340. The molecule has 2 rings (SSSR count). The number of rotatable bonds is 4. The van der Waals surface area contributed by atoms with Crippen LogP contribution in [0.3, 0.4) is 0 Å². The first-order chi connectivity index (χ1) is 8.69. The molecular weight excluding hydrogens is 248 g/mol. The Morgan fingerprint density at radius 2 is 2.06 bits per heavy atom. The van der Waals surface area contributed by atoms with E-state index >= 15 is 0 Å². The van der Waals surface area contributed by atoms with Crippen LogP contribution in [0, 0.1) is 0 Å². The molecule has 0 bridgehead atoms. The zero-order chi connectivity index (χ0) is 13.0. The molecule has 0 atom stereocenters. The largest absolute Gasteiger partial charge is 0.492 e. The Bertz CT molecular complexity index is 389.